The monoisotopic (exact) mass is 468 g/mol. The number of benzene rings is 2. The Hall–Kier alpha value is -3.48. The van der Waals surface area contributed by atoms with Gasteiger partial charge in [0, 0.05) is 22.7 Å². The van der Waals surface area contributed by atoms with Crippen molar-refractivity contribution in [3.63, 3.8) is 0 Å². The highest BCUT2D eigenvalue weighted by atomic mass is 16.1. The molecular formula is C28H32N6O. The van der Waals surface area contributed by atoms with Gasteiger partial charge in [0.05, 0.1) is 11.6 Å². The molecule has 3 heterocycles. The lowest BCUT2D eigenvalue weighted by Crippen LogP contribution is -2.39. The molecule has 7 nitrogen and oxygen atoms in total. The van der Waals surface area contributed by atoms with Crippen molar-refractivity contribution in [3.05, 3.63) is 80.9 Å². The van der Waals surface area contributed by atoms with Crippen LogP contribution in [0, 0.1) is 13.8 Å². The molecule has 0 saturated heterocycles. The molecule has 0 amide bonds. The second kappa shape index (κ2) is 8.63. The number of aromatic nitrogens is 5. The van der Waals surface area contributed by atoms with Gasteiger partial charge in [-0.2, -0.15) is 0 Å². The summed E-state index contributed by atoms with van der Waals surface area (Å²) in [6.45, 7) is 6.36. The van der Waals surface area contributed by atoms with Crippen molar-refractivity contribution in [1.29, 1.82) is 0 Å². The van der Waals surface area contributed by atoms with Crippen molar-refractivity contribution in [2.24, 2.45) is 0 Å². The number of fused-ring (bicyclic) bond motifs is 2. The van der Waals surface area contributed by atoms with Crippen LogP contribution >= 0.6 is 0 Å². The molecule has 1 aliphatic heterocycles. The van der Waals surface area contributed by atoms with Crippen molar-refractivity contribution in [2.45, 2.75) is 77.4 Å². The van der Waals surface area contributed by atoms with Crippen LogP contribution in [0.3, 0.4) is 0 Å². The summed E-state index contributed by atoms with van der Waals surface area (Å²) in [6, 6.07) is 14.9. The molecule has 2 aromatic carbocycles. The molecule has 1 saturated carbocycles. The summed E-state index contributed by atoms with van der Waals surface area (Å²) in [5.41, 5.74) is 6.18. The fourth-order valence-electron chi connectivity index (χ4n) is 6.16. The molecule has 2 aliphatic rings. The predicted molar refractivity (Wildman–Crippen MR) is 138 cm³/mol. The van der Waals surface area contributed by atoms with E-state index >= 15 is 0 Å². The van der Waals surface area contributed by atoms with Gasteiger partial charge in [-0.15, -0.1) is 5.10 Å². The summed E-state index contributed by atoms with van der Waals surface area (Å²) < 4.78 is 2.02. The van der Waals surface area contributed by atoms with Gasteiger partial charge in [0.25, 0.3) is 5.56 Å². The Kier molecular flexibility index (Phi) is 5.43. The first-order chi connectivity index (χ1) is 17.0. The zero-order valence-electron chi connectivity index (χ0n) is 20.7. The lowest BCUT2D eigenvalue weighted by atomic mass is 9.94. The highest BCUT2D eigenvalue weighted by Crippen LogP contribution is 2.42. The van der Waals surface area contributed by atoms with Crippen LogP contribution in [0.15, 0.2) is 47.3 Å². The third-order valence-corrected chi connectivity index (χ3v) is 7.99. The van der Waals surface area contributed by atoms with Gasteiger partial charge in [0.15, 0.2) is 5.82 Å². The van der Waals surface area contributed by atoms with Crippen LogP contribution in [0.4, 0.5) is 5.69 Å². The first kappa shape index (κ1) is 22.0. The van der Waals surface area contributed by atoms with Gasteiger partial charge in [0.2, 0.25) is 0 Å². The van der Waals surface area contributed by atoms with E-state index in [2.05, 4.69) is 81.7 Å². The zero-order chi connectivity index (χ0) is 24.1. The quantitative estimate of drug-likeness (QED) is 0.447. The molecule has 4 aromatic rings. The maximum atomic E-state index is 13.7. The Bertz CT molecular complexity index is 1450. The topological polar surface area (TPSA) is 79.7 Å². The van der Waals surface area contributed by atoms with Crippen LogP contribution in [0.5, 0.6) is 0 Å². The second-order valence-electron chi connectivity index (χ2n) is 10.3. The predicted octanol–water partition coefficient (Wildman–Crippen LogP) is 5.18. The van der Waals surface area contributed by atoms with Gasteiger partial charge in [0.1, 0.15) is 6.04 Å². The van der Waals surface area contributed by atoms with E-state index in [9.17, 15) is 4.79 Å². The minimum Gasteiger partial charge on any atom is -0.354 e. The Labute approximate surface area is 205 Å². The van der Waals surface area contributed by atoms with Gasteiger partial charge < -0.3 is 9.88 Å². The number of anilines is 1. The summed E-state index contributed by atoms with van der Waals surface area (Å²) in [6.07, 6.45) is 6.71. The largest absolute Gasteiger partial charge is 0.354 e. The maximum absolute atomic E-state index is 13.7. The summed E-state index contributed by atoms with van der Waals surface area (Å²) in [5, 5.41) is 14.3. The van der Waals surface area contributed by atoms with Crippen molar-refractivity contribution >= 4 is 16.6 Å². The van der Waals surface area contributed by atoms with E-state index in [1.165, 1.54) is 24.8 Å². The normalized spacial score (nSPS) is 19.3. The fraction of sp³-hybridized carbons (Fsp3) is 0.429. The number of H-pyrrole nitrogens is 1. The number of tetrazole rings is 1. The highest BCUT2D eigenvalue weighted by molar-refractivity contribution is 5.85. The SMILES string of the molecule is Cc1ccc(C)c2[nH]c(=O)c([C@@H](c3nnnn3C3CCCCC3)N3c4ccccc4C[C@@H]3C)cc12. The average molecular weight is 469 g/mol. The first-order valence-corrected chi connectivity index (χ1v) is 12.8. The lowest BCUT2D eigenvalue weighted by Gasteiger charge is -2.34. The maximum Gasteiger partial charge on any atom is 0.254 e. The van der Waals surface area contributed by atoms with E-state index in [4.69, 9.17) is 0 Å². The molecule has 1 N–H and O–H groups in total. The third-order valence-electron chi connectivity index (χ3n) is 7.99. The first-order valence-electron chi connectivity index (χ1n) is 12.8. The van der Waals surface area contributed by atoms with Gasteiger partial charge in [-0.05, 0) is 79.3 Å². The molecule has 6 rings (SSSR count). The van der Waals surface area contributed by atoms with Crippen LogP contribution < -0.4 is 10.5 Å². The number of aromatic amines is 1. The summed E-state index contributed by atoms with van der Waals surface area (Å²) >= 11 is 0. The number of nitrogens with zero attached hydrogens (tertiary/aromatic N) is 5. The molecule has 0 spiro atoms. The number of hydrogen-bond donors (Lipinski definition) is 1. The van der Waals surface area contributed by atoms with E-state index in [1.807, 2.05) is 11.6 Å². The van der Waals surface area contributed by atoms with E-state index in [0.717, 1.165) is 52.8 Å². The highest BCUT2D eigenvalue weighted by Gasteiger charge is 2.39. The van der Waals surface area contributed by atoms with Gasteiger partial charge in [-0.3, -0.25) is 4.79 Å². The number of pyridine rings is 1. The number of nitrogens with one attached hydrogen (secondary N) is 1. The Balaban J connectivity index is 1.59. The number of rotatable bonds is 4. The molecule has 180 valence electrons. The summed E-state index contributed by atoms with van der Waals surface area (Å²) in [7, 11) is 0. The van der Waals surface area contributed by atoms with Crippen molar-refractivity contribution in [2.75, 3.05) is 4.90 Å². The van der Waals surface area contributed by atoms with Crippen LogP contribution in [-0.4, -0.2) is 31.2 Å². The van der Waals surface area contributed by atoms with E-state index in [-0.39, 0.29) is 23.7 Å². The van der Waals surface area contributed by atoms with Gasteiger partial charge in [-0.25, -0.2) is 4.68 Å². The Morgan fingerprint density at radius 3 is 2.63 bits per heavy atom. The third kappa shape index (κ3) is 3.65. The van der Waals surface area contributed by atoms with Crippen LogP contribution in [0.1, 0.15) is 79.2 Å². The fourth-order valence-corrected chi connectivity index (χ4v) is 6.16. The standard InChI is InChI=1S/C28H32N6O/c1-17-13-14-18(2)25-22(17)16-23(28(35)29-25)26(33-19(3)15-20-9-7-8-12-24(20)33)27-30-31-32-34(27)21-10-5-4-6-11-21/h7-9,12-14,16,19,21,26H,4-6,10-11,15H2,1-3H3,(H,29,35)/t19-,26-/m0/s1. The molecular weight excluding hydrogens is 436 g/mol. The number of para-hydroxylation sites is 1. The Morgan fingerprint density at radius 2 is 1.80 bits per heavy atom. The summed E-state index contributed by atoms with van der Waals surface area (Å²) in [5.74, 6) is 0.760. The van der Waals surface area contributed by atoms with Crippen molar-refractivity contribution in [1.82, 2.24) is 25.2 Å². The number of hydrogen-bond acceptors (Lipinski definition) is 5. The van der Waals surface area contributed by atoms with E-state index in [1.54, 1.807) is 0 Å². The van der Waals surface area contributed by atoms with Gasteiger partial charge in [-0.1, -0.05) is 49.6 Å². The molecule has 1 fully saturated rings. The molecule has 0 unspecified atom stereocenters. The van der Waals surface area contributed by atoms with E-state index in [0.29, 0.717) is 5.56 Å². The smallest absolute Gasteiger partial charge is 0.254 e. The molecule has 0 bridgehead atoms. The number of aryl methyl sites for hydroxylation is 2. The Morgan fingerprint density at radius 1 is 1.03 bits per heavy atom. The van der Waals surface area contributed by atoms with E-state index < -0.39 is 0 Å². The van der Waals surface area contributed by atoms with Crippen LogP contribution in [0.2, 0.25) is 0 Å². The van der Waals surface area contributed by atoms with Crippen molar-refractivity contribution < 1.29 is 0 Å². The molecule has 0 radical (unpaired) electrons. The van der Waals surface area contributed by atoms with Crippen molar-refractivity contribution in [3.8, 4) is 0 Å². The summed E-state index contributed by atoms with van der Waals surface area (Å²) in [4.78, 5) is 19.3. The molecule has 7 heteroatoms. The zero-order valence-corrected chi connectivity index (χ0v) is 20.7. The van der Waals surface area contributed by atoms with Crippen LogP contribution in [-0.2, 0) is 6.42 Å². The molecule has 1 aliphatic carbocycles. The minimum atomic E-state index is -0.376. The molecule has 35 heavy (non-hydrogen) atoms. The second-order valence-corrected chi connectivity index (χ2v) is 10.3. The van der Waals surface area contributed by atoms with Gasteiger partial charge >= 0.3 is 0 Å². The molecule has 2 atom stereocenters. The average Bonchev–Trinajstić information content (AvgIpc) is 3.48. The molecule has 2 aromatic heterocycles. The van der Waals surface area contributed by atoms with Crippen LogP contribution in [0.25, 0.3) is 10.9 Å². The lowest BCUT2D eigenvalue weighted by molar-refractivity contribution is 0.312. The minimum absolute atomic E-state index is 0.0778.